The molecule has 2 fully saturated rings. The highest BCUT2D eigenvalue weighted by Gasteiger charge is 2.54. The molecule has 1 aromatic rings. The highest BCUT2D eigenvalue weighted by Crippen LogP contribution is 2.48. The van der Waals surface area contributed by atoms with Crippen molar-refractivity contribution in [1.82, 2.24) is 20.0 Å². The van der Waals surface area contributed by atoms with Gasteiger partial charge in [-0.3, -0.25) is 9.69 Å². The topological polar surface area (TPSA) is 65.1 Å². The highest BCUT2D eigenvalue weighted by atomic mass is 16.5. The lowest BCUT2D eigenvalue weighted by Gasteiger charge is -2.51. The van der Waals surface area contributed by atoms with Crippen LogP contribution < -0.4 is 5.32 Å². The van der Waals surface area contributed by atoms with Crippen LogP contribution in [0.3, 0.4) is 0 Å². The van der Waals surface area contributed by atoms with E-state index < -0.39 is 0 Å². The summed E-state index contributed by atoms with van der Waals surface area (Å²) in [5.41, 5.74) is 1.14. The lowest BCUT2D eigenvalue weighted by Crippen LogP contribution is -2.56. The van der Waals surface area contributed by atoms with Gasteiger partial charge in [-0.2, -0.15) is 0 Å². The molecule has 1 saturated carbocycles. The van der Waals surface area contributed by atoms with Crippen molar-refractivity contribution in [3.8, 4) is 0 Å². The van der Waals surface area contributed by atoms with Crippen molar-refractivity contribution in [3.05, 3.63) is 35.9 Å². The third kappa shape index (κ3) is 4.72. The first-order valence-electron chi connectivity index (χ1n) is 11.4. The van der Waals surface area contributed by atoms with Crippen LogP contribution in [0.5, 0.6) is 0 Å². The summed E-state index contributed by atoms with van der Waals surface area (Å²) in [5, 5.41) is 2.83. The first-order chi connectivity index (χ1) is 14.9. The van der Waals surface area contributed by atoms with E-state index in [1.54, 1.807) is 7.11 Å². The number of nitrogens with zero attached hydrogens (tertiary/aromatic N) is 3. The van der Waals surface area contributed by atoms with Crippen molar-refractivity contribution in [1.29, 1.82) is 0 Å². The number of urea groups is 1. The number of amides is 3. The predicted molar refractivity (Wildman–Crippen MR) is 122 cm³/mol. The Kier molecular flexibility index (Phi) is 7.59. The summed E-state index contributed by atoms with van der Waals surface area (Å²) in [5.74, 6) is -0.000891. The fourth-order valence-electron chi connectivity index (χ4n) is 5.39. The van der Waals surface area contributed by atoms with Gasteiger partial charge in [-0.05, 0) is 52.3 Å². The zero-order valence-electron chi connectivity index (χ0n) is 19.5. The molecular formula is C24H38N4O3. The second-order valence-electron chi connectivity index (χ2n) is 9.07. The fourth-order valence-corrected chi connectivity index (χ4v) is 5.39. The summed E-state index contributed by atoms with van der Waals surface area (Å²) >= 11 is 0. The van der Waals surface area contributed by atoms with Crippen molar-refractivity contribution in [3.63, 3.8) is 0 Å². The van der Waals surface area contributed by atoms with E-state index >= 15 is 0 Å². The van der Waals surface area contributed by atoms with E-state index in [1.165, 1.54) is 5.56 Å². The van der Waals surface area contributed by atoms with Gasteiger partial charge >= 0.3 is 6.03 Å². The van der Waals surface area contributed by atoms with E-state index in [0.29, 0.717) is 39.2 Å². The molecule has 0 atom stereocenters. The Balaban J connectivity index is 1.78. The number of hydrogen-bond donors (Lipinski definition) is 1. The first kappa shape index (κ1) is 23.5. The van der Waals surface area contributed by atoms with Gasteiger partial charge in [0.15, 0.2) is 0 Å². The van der Waals surface area contributed by atoms with E-state index in [4.69, 9.17) is 4.74 Å². The molecule has 1 aromatic carbocycles. The Morgan fingerprint density at radius 3 is 2.39 bits per heavy atom. The van der Waals surface area contributed by atoms with Crippen molar-refractivity contribution in [2.75, 3.05) is 54.0 Å². The normalized spacial score (nSPS) is 26.2. The highest BCUT2D eigenvalue weighted by molar-refractivity contribution is 5.80. The van der Waals surface area contributed by atoms with Crippen molar-refractivity contribution < 1.29 is 14.3 Å². The molecule has 1 saturated heterocycles. The van der Waals surface area contributed by atoms with Gasteiger partial charge in [-0.25, -0.2) is 4.79 Å². The molecule has 1 aliphatic carbocycles. The van der Waals surface area contributed by atoms with Crippen LogP contribution in [0.25, 0.3) is 0 Å². The molecule has 7 heteroatoms. The minimum atomic E-state index is -0.189. The minimum Gasteiger partial charge on any atom is -0.383 e. The standard InChI is InChI=1S/C24H38N4O3/c1-5-25-21(29)11-16-27-19-23(28(22(27)30)17-18-31-4)12-14-24(15-13-23,26(2)3)20-9-7-6-8-10-20/h6-10H,5,11-19H2,1-4H3,(H,25,29). The maximum atomic E-state index is 13.3. The largest absolute Gasteiger partial charge is 0.383 e. The molecule has 1 aliphatic heterocycles. The Morgan fingerprint density at radius 2 is 1.81 bits per heavy atom. The molecule has 1 heterocycles. The van der Waals surface area contributed by atoms with Gasteiger partial charge in [0.1, 0.15) is 0 Å². The van der Waals surface area contributed by atoms with Gasteiger partial charge in [0.05, 0.1) is 12.1 Å². The summed E-state index contributed by atoms with van der Waals surface area (Å²) in [6, 6.07) is 10.8. The van der Waals surface area contributed by atoms with Crippen molar-refractivity contribution in [2.24, 2.45) is 0 Å². The Morgan fingerprint density at radius 1 is 1.13 bits per heavy atom. The van der Waals surface area contributed by atoms with Gasteiger partial charge in [0.25, 0.3) is 0 Å². The number of carbonyl (C=O) groups excluding carboxylic acids is 2. The summed E-state index contributed by atoms with van der Waals surface area (Å²) < 4.78 is 5.32. The summed E-state index contributed by atoms with van der Waals surface area (Å²) in [7, 11) is 5.99. The van der Waals surface area contributed by atoms with Crippen LogP contribution in [-0.2, 0) is 15.1 Å². The molecule has 3 rings (SSSR count). The number of carbonyl (C=O) groups is 2. The van der Waals surface area contributed by atoms with Gasteiger partial charge in [-0.1, -0.05) is 30.3 Å². The number of nitrogens with one attached hydrogen (secondary N) is 1. The van der Waals surface area contributed by atoms with Crippen LogP contribution in [0.15, 0.2) is 30.3 Å². The lowest BCUT2D eigenvalue weighted by atomic mass is 9.68. The summed E-state index contributed by atoms with van der Waals surface area (Å²) in [6.07, 6.45) is 4.20. The minimum absolute atomic E-state index is 0.000891. The summed E-state index contributed by atoms with van der Waals surface area (Å²) in [6.45, 7) is 4.79. The van der Waals surface area contributed by atoms with Crippen LogP contribution in [0.2, 0.25) is 0 Å². The molecule has 0 aromatic heterocycles. The zero-order chi connectivity index (χ0) is 22.5. The third-order valence-corrected chi connectivity index (χ3v) is 7.24. The molecule has 2 aliphatic rings. The van der Waals surface area contributed by atoms with E-state index in [2.05, 4.69) is 54.6 Å². The van der Waals surface area contributed by atoms with E-state index in [-0.39, 0.29) is 23.0 Å². The van der Waals surface area contributed by atoms with E-state index in [9.17, 15) is 9.59 Å². The van der Waals surface area contributed by atoms with Crippen molar-refractivity contribution in [2.45, 2.75) is 50.1 Å². The van der Waals surface area contributed by atoms with Crippen LogP contribution in [-0.4, -0.2) is 86.2 Å². The number of methoxy groups -OCH3 is 1. The maximum Gasteiger partial charge on any atom is 0.320 e. The molecule has 0 unspecified atom stereocenters. The molecule has 0 bridgehead atoms. The molecule has 1 spiro atoms. The fraction of sp³-hybridized carbons (Fsp3) is 0.667. The van der Waals surface area contributed by atoms with Crippen LogP contribution in [0, 0.1) is 0 Å². The Labute approximate surface area is 186 Å². The second kappa shape index (κ2) is 10.0. The van der Waals surface area contributed by atoms with Crippen molar-refractivity contribution >= 4 is 11.9 Å². The second-order valence-corrected chi connectivity index (χ2v) is 9.07. The molecule has 172 valence electrons. The third-order valence-electron chi connectivity index (χ3n) is 7.24. The lowest BCUT2D eigenvalue weighted by molar-refractivity contribution is -0.121. The molecule has 3 amide bonds. The van der Waals surface area contributed by atoms with Crippen LogP contribution in [0.1, 0.15) is 44.6 Å². The van der Waals surface area contributed by atoms with E-state index in [0.717, 1.165) is 25.7 Å². The average Bonchev–Trinajstić information content (AvgIpc) is 3.02. The maximum absolute atomic E-state index is 13.3. The average molecular weight is 431 g/mol. The molecule has 31 heavy (non-hydrogen) atoms. The van der Waals surface area contributed by atoms with Gasteiger partial charge in [-0.15, -0.1) is 0 Å². The smallest absolute Gasteiger partial charge is 0.320 e. The first-order valence-corrected chi connectivity index (χ1v) is 11.4. The van der Waals surface area contributed by atoms with Gasteiger partial charge < -0.3 is 19.9 Å². The zero-order valence-corrected chi connectivity index (χ0v) is 19.5. The number of hydrogen-bond acceptors (Lipinski definition) is 4. The molecule has 7 nitrogen and oxygen atoms in total. The van der Waals surface area contributed by atoms with Crippen LogP contribution >= 0.6 is 0 Å². The number of benzene rings is 1. The van der Waals surface area contributed by atoms with Crippen LogP contribution in [0.4, 0.5) is 4.79 Å². The number of rotatable bonds is 9. The Bertz CT molecular complexity index is 744. The Hall–Kier alpha value is -2.12. The predicted octanol–water partition coefficient (Wildman–Crippen LogP) is 2.67. The monoisotopic (exact) mass is 430 g/mol. The summed E-state index contributed by atoms with van der Waals surface area (Å²) in [4.78, 5) is 31.5. The SMILES string of the molecule is CCNC(=O)CCN1CC2(CCC(c3ccccc3)(N(C)C)CC2)N(CCOC)C1=O. The molecule has 1 N–H and O–H groups in total. The van der Waals surface area contributed by atoms with Gasteiger partial charge in [0, 0.05) is 45.2 Å². The quantitative estimate of drug-likeness (QED) is 0.654. The van der Waals surface area contributed by atoms with E-state index in [1.807, 2.05) is 16.7 Å². The van der Waals surface area contributed by atoms with Gasteiger partial charge in [0.2, 0.25) is 5.91 Å². The molecular weight excluding hydrogens is 392 g/mol. The number of ether oxygens (including phenoxy) is 1. The molecule has 0 radical (unpaired) electrons.